The molecule has 0 atom stereocenters. The zero-order chi connectivity index (χ0) is 12.9. The number of esters is 1. The Morgan fingerprint density at radius 3 is 2.76 bits per heavy atom. The standard InChI is InChI=1S/C10H8F4O3/c11-9(12)10(13,14)6-17-8(15)4-3-7-2-1-5-16-7/h1-5,9H,6H2. The molecule has 3 nitrogen and oxygen atoms in total. The van der Waals surface area contributed by atoms with Gasteiger partial charge >= 0.3 is 18.3 Å². The summed E-state index contributed by atoms with van der Waals surface area (Å²) in [6.07, 6.45) is -0.552. The van der Waals surface area contributed by atoms with Gasteiger partial charge in [0.25, 0.3) is 0 Å². The van der Waals surface area contributed by atoms with Crippen LogP contribution in [0.25, 0.3) is 6.08 Å². The maximum absolute atomic E-state index is 12.4. The summed E-state index contributed by atoms with van der Waals surface area (Å²) >= 11 is 0. The highest BCUT2D eigenvalue weighted by atomic mass is 19.3. The number of carbonyl (C=O) groups is 1. The van der Waals surface area contributed by atoms with Crippen molar-refractivity contribution in [3.63, 3.8) is 0 Å². The van der Waals surface area contributed by atoms with E-state index in [1.807, 2.05) is 0 Å². The minimum atomic E-state index is -4.34. The molecule has 94 valence electrons. The molecule has 7 heteroatoms. The van der Waals surface area contributed by atoms with E-state index in [0.717, 1.165) is 6.08 Å². The van der Waals surface area contributed by atoms with Gasteiger partial charge in [0.2, 0.25) is 0 Å². The molecule has 1 rings (SSSR count). The summed E-state index contributed by atoms with van der Waals surface area (Å²) in [4.78, 5) is 10.9. The van der Waals surface area contributed by atoms with Crippen LogP contribution >= 0.6 is 0 Å². The first kappa shape index (κ1) is 13.3. The zero-order valence-corrected chi connectivity index (χ0v) is 8.41. The number of hydrogen-bond acceptors (Lipinski definition) is 3. The third-order valence-electron chi connectivity index (χ3n) is 1.65. The van der Waals surface area contributed by atoms with Crippen molar-refractivity contribution in [1.29, 1.82) is 0 Å². The van der Waals surface area contributed by atoms with E-state index in [4.69, 9.17) is 4.42 Å². The van der Waals surface area contributed by atoms with Crippen LogP contribution in [0.3, 0.4) is 0 Å². The number of hydrogen-bond donors (Lipinski definition) is 0. The van der Waals surface area contributed by atoms with Gasteiger partial charge in [-0.15, -0.1) is 0 Å². The van der Waals surface area contributed by atoms with Crippen LogP contribution in [0.4, 0.5) is 17.6 Å². The van der Waals surface area contributed by atoms with Gasteiger partial charge in [-0.2, -0.15) is 8.78 Å². The van der Waals surface area contributed by atoms with Gasteiger partial charge in [-0.3, -0.25) is 0 Å². The summed E-state index contributed by atoms with van der Waals surface area (Å²) < 4.78 is 56.9. The molecular formula is C10H8F4O3. The van der Waals surface area contributed by atoms with Crippen molar-refractivity contribution in [3.8, 4) is 0 Å². The molecule has 0 spiro atoms. The second-order valence-corrected chi connectivity index (χ2v) is 3.02. The largest absolute Gasteiger partial charge is 0.465 e. The molecule has 0 fully saturated rings. The molecule has 1 aromatic rings. The predicted octanol–water partition coefficient (Wildman–Crippen LogP) is 2.74. The molecule has 0 aliphatic heterocycles. The molecule has 0 aliphatic carbocycles. The monoisotopic (exact) mass is 252 g/mol. The number of ether oxygens (including phenoxy) is 1. The topological polar surface area (TPSA) is 39.4 Å². The molecule has 0 aliphatic rings. The van der Waals surface area contributed by atoms with Crippen molar-refractivity contribution in [2.45, 2.75) is 12.3 Å². The lowest BCUT2D eigenvalue weighted by Crippen LogP contribution is -2.33. The van der Waals surface area contributed by atoms with E-state index in [9.17, 15) is 22.4 Å². The molecule has 0 saturated heterocycles. The van der Waals surface area contributed by atoms with Gasteiger partial charge in [0, 0.05) is 6.08 Å². The Balaban J connectivity index is 2.41. The normalized spacial score (nSPS) is 12.3. The maximum atomic E-state index is 12.4. The minimum Gasteiger partial charge on any atom is -0.465 e. The minimum absolute atomic E-state index is 0.308. The highest BCUT2D eigenvalue weighted by Crippen LogP contribution is 2.22. The van der Waals surface area contributed by atoms with E-state index in [2.05, 4.69) is 4.74 Å². The quantitative estimate of drug-likeness (QED) is 0.459. The van der Waals surface area contributed by atoms with Crippen molar-refractivity contribution in [2.24, 2.45) is 0 Å². The molecular weight excluding hydrogens is 244 g/mol. The zero-order valence-electron chi connectivity index (χ0n) is 8.41. The second kappa shape index (κ2) is 5.51. The summed E-state index contributed by atoms with van der Waals surface area (Å²) in [6, 6.07) is 3.06. The third kappa shape index (κ3) is 4.29. The van der Waals surface area contributed by atoms with Crippen LogP contribution in [0.5, 0.6) is 0 Å². The fourth-order valence-electron chi connectivity index (χ4n) is 0.815. The summed E-state index contributed by atoms with van der Waals surface area (Å²) in [7, 11) is 0. The lowest BCUT2D eigenvalue weighted by Gasteiger charge is -2.13. The van der Waals surface area contributed by atoms with Gasteiger partial charge in [0.15, 0.2) is 6.61 Å². The first-order valence-electron chi connectivity index (χ1n) is 4.46. The van der Waals surface area contributed by atoms with Crippen LogP contribution in [0.2, 0.25) is 0 Å². The van der Waals surface area contributed by atoms with Crippen LogP contribution in [0.1, 0.15) is 5.76 Å². The van der Waals surface area contributed by atoms with Gasteiger partial charge in [-0.05, 0) is 18.2 Å². The molecule has 0 saturated carbocycles. The van der Waals surface area contributed by atoms with Crippen molar-refractivity contribution in [2.75, 3.05) is 6.61 Å². The van der Waals surface area contributed by atoms with E-state index in [-0.39, 0.29) is 0 Å². The summed E-state index contributed by atoms with van der Waals surface area (Å²) in [6.45, 7) is -1.66. The first-order valence-corrected chi connectivity index (χ1v) is 4.46. The smallest absolute Gasteiger partial charge is 0.340 e. The Labute approximate surface area is 93.7 Å². The van der Waals surface area contributed by atoms with Crippen molar-refractivity contribution < 1.29 is 31.5 Å². The Hall–Kier alpha value is -1.79. The Kier molecular flexibility index (Phi) is 4.30. The van der Waals surface area contributed by atoms with Crippen LogP contribution in [0.15, 0.2) is 28.9 Å². The van der Waals surface area contributed by atoms with E-state index < -0.39 is 24.9 Å². The maximum Gasteiger partial charge on any atom is 0.340 e. The van der Waals surface area contributed by atoms with E-state index in [0.29, 0.717) is 5.76 Å². The lowest BCUT2D eigenvalue weighted by molar-refractivity contribution is -0.175. The predicted molar refractivity (Wildman–Crippen MR) is 49.7 cm³/mol. The van der Waals surface area contributed by atoms with E-state index in [1.165, 1.54) is 18.4 Å². The molecule has 0 unspecified atom stereocenters. The van der Waals surface area contributed by atoms with Gasteiger partial charge in [-0.25, -0.2) is 13.6 Å². The van der Waals surface area contributed by atoms with Crippen LogP contribution in [-0.4, -0.2) is 24.9 Å². The molecule has 0 amide bonds. The first-order chi connectivity index (χ1) is 7.92. The van der Waals surface area contributed by atoms with E-state index >= 15 is 0 Å². The van der Waals surface area contributed by atoms with Crippen LogP contribution in [0, 0.1) is 0 Å². The summed E-state index contributed by atoms with van der Waals surface area (Å²) in [5.41, 5.74) is 0. The van der Waals surface area contributed by atoms with Crippen LogP contribution < -0.4 is 0 Å². The number of rotatable bonds is 5. The number of alkyl halides is 4. The van der Waals surface area contributed by atoms with Crippen molar-refractivity contribution >= 4 is 12.0 Å². The Morgan fingerprint density at radius 2 is 2.24 bits per heavy atom. The highest BCUT2D eigenvalue weighted by molar-refractivity contribution is 5.86. The molecule has 0 bridgehead atoms. The number of halogens is 4. The fraction of sp³-hybridized carbons (Fsp3) is 0.300. The second-order valence-electron chi connectivity index (χ2n) is 3.02. The summed E-state index contributed by atoms with van der Waals surface area (Å²) in [5, 5.41) is 0. The Bertz CT molecular complexity index is 384. The van der Waals surface area contributed by atoms with Crippen molar-refractivity contribution in [3.05, 3.63) is 30.2 Å². The molecule has 17 heavy (non-hydrogen) atoms. The van der Waals surface area contributed by atoms with Crippen LogP contribution in [-0.2, 0) is 9.53 Å². The number of furan rings is 1. The van der Waals surface area contributed by atoms with Gasteiger partial charge in [0.1, 0.15) is 5.76 Å². The molecule has 1 heterocycles. The van der Waals surface area contributed by atoms with Crippen molar-refractivity contribution in [1.82, 2.24) is 0 Å². The molecule has 1 aromatic heterocycles. The third-order valence-corrected chi connectivity index (χ3v) is 1.65. The number of carbonyl (C=O) groups excluding carboxylic acids is 1. The van der Waals surface area contributed by atoms with E-state index in [1.54, 1.807) is 6.07 Å². The van der Waals surface area contributed by atoms with Gasteiger partial charge < -0.3 is 9.15 Å². The van der Waals surface area contributed by atoms with Gasteiger partial charge in [0.05, 0.1) is 6.26 Å². The SMILES string of the molecule is O=C(C=Cc1ccco1)OCC(F)(F)C(F)F. The summed E-state index contributed by atoms with van der Waals surface area (Å²) in [5.74, 6) is -5.18. The average molecular weight is 252 g/mol. The fourth-order valence-corrected chi connectivity index (χ4v) is 0.815. The van der Waals surface area contributed by atoms with Gasteiger partial charge in [-0.1, -0.05) is 0 Å². The Morgan fingerprint density at radius 1 is 1.53 bits per heavy atom. The molecule has 0 aromatic carbocycles. The average Bonchev–Trinajstić information content (AvgIpc) is 2.76. The molecule has 0 N–H and O–H groups in total. The lowest BCUT2D eigenvalue weighted by atomic mass is 10.4. The molecule has 0 radical (unpaired) electrons. The highest BCUT2D eigenvalue weighted by Gasteiger charge is 2.42.